The maximum atomic E-state index is 12.9. The van der Waals surface area contributed by atoms with Crippen LogP contribution in [0.4, 0.5) is 0 Å². The zero-order valence-electron chi connectivity index (χ0n) is 17.2. The summed E-state index contributed by atoms with van der Waals surface area (Å²) in [6.45, 7) is 3.50. The minimum absolute atomic E-state index is 0.167. The molecule has 0 saturated carbocycles. The molecule has 4 rings (SSSR count). The Hall–Kier alpha value is -3.11. The number of nitrogens with one attached hydrogen (secondary N) is 1. The van der Waals surface area contributed by atoms with Crippen LogP contribution in [0.15, 0.2) is 60.3 Å². The molecule has 1 amide bonds. The lowest BCUT2D eigenvalue weighted by molar-refractivity contribution is 0.0946. The number of pyridine rings is 2. The van der Waals surface area contributed by atoms with Gasteiger partial charge in [-0.1, -0.05) is 6.92 Å². The summed E-state index contributed by atoms with van der Waals surface area (Å²) in [4.78, 5) is 24.9. The van der Waals surface area contributed by atoms with Gasteiger partial charge in [0, 0.05) is 44.4 Å². The van der Waals surface area contributed by atoms with Gasteiger partial charge in [-0.25, -0.2) is 18.4 Å². The Bertz CT molecular complexity index is 1150. The minimum atomic E-state index is -3.56. The summed E-state index contributed by atoms with van der Waals surface area (Å²) in [5, 5.41) is 2.80. The van der Waals surface area contributed by atoms with Crippen LogP contribution in [0.5, 0.6) is 0 Å². The number of hydrogen-bond donors (Lipinski definition) is 1. The quantitative estimate of drug-likeness (QED) is 0.628. The second-order valence-electron chi connectivity index (χ2n) is 7.67. The molecule has 31 heavy (non-hydrogen) atoms. The number of amides is 1. The first-order valence-corrected chi connectivity index (χ1v) is 11.5. The van der Waals surface area contributed by atoms with E-state index >= 15 is 0 Å². The van der Waals surface area contributed by atoms with E-state index in [9.17, 15) is 13.2 Å². The molecule has 0 radical (unpaired) electrons. The summed E-state index contributed by atoms with van der Waals surface area (Å²) in [5.74, 6) is 0.519. The van der Waals surface area contributed by atoms with E-state index in [4.69, 9.17) is 0 Å². The highest BCUT2D eigenvalue weighted by Crippen LogP contribution is 2.23. The second-order valence-corrected chi connectivity index (χ2v) is 9.60. The number of carbonyl (C=O) groups excluding carboxylic acids is 1. The highest BCUT2D eigenvalue weighted by atomic mass is 32.2. The predicted octanol–water partition coefficient (Wildman–Crippen LogP) is 2.01. The van der Waals surface area contributed by atoms with E-state index in [2.05, 4.69) is 27.2 Å². The van der Waals surface area contributed by atoms with E-state index in [-0.39, 0.29) is 16.5 Å². The van der Waals surface area contributed by atoms with Gasteiger partial charge in [0.05, 0.1) is 0 Å². The van der Waals surface area contributed by atoms with Gasteiger partial charge in [0.25, 0.3) is 5.91 Å². The first-order chi connectivity index (χ1) is 14.9. The van der Waals surface area contributed by atoms with Crippen molar-refractivity contribution in [1.82, 2.24) is 29.1 Å². The van der Waals surface area contributed by atoms with Gasteiger partial charge in [-0.05, 0) is 48.6 Å². The average molecular weight is 441 g/mol. The molecule has 0 aliphatic carbocycles. The maximum Gasteiger partial charge on any atom is 0.271 e. The lowest BCUT2D eigenvalue weighted by Gasteiger charge is -2.29. The van der Waals surface area contributed by atoms with Gasteiger partial charge in [-0.3, -0.25) is 14.3 Å². The van der Waals surface area contributed by atoms with Crippen molar-refractivity contribution in [2.45, 2.75) is 31.2 Å². The van der Waals surface area contributed by atoms with E-state index in [1.165, 1.54) is 16.8 Å². The van der Waals surface area contributed by atoms with Crippen LogP contribution >= 0.6 is 0 Å². The highest BCUT2D eigenvalue weighted by Gasteiger charge is 2.28. The van der Waals surface area contributed by atoms with Crippen molar-refractivity contribution in [1.29, 1.82) is 0 Å². The number of rotatable bonds is 6. The standard InChI is InChI=1S/C21H24N6O3S/c1-16-3-2-10-27(13-16)31(29,30)18-4-5-20(23-12-18)26-14-19(25-15-26)21(28)24-11-17-6-8-22-9-7-17/h4-9,12,14-16H,2-3,10-11,13H2,1H3,(H,24,28)/t16-/m1/s1. The van der Waals surface area contributed by atoms with Crippen molar-refractivity contribution in [2.24, 2.45) is 5.92 Å². The van der Waals surface area contributed by atoms with Gasteiger partial charge in [-0.2, -0.15) is 4.31 Å². The maximum absolute atomic E-state index is 12.9. The molecule has 1 atom stereocenters. The molecule has 1 aliphatic rings. The van der Waals surface area contributed by atoms with Crippen molar-refractivity contribution in [2.75, 3.05) is 13.1 Å². The number of aromatic nitrogens is 4. The minimum Gasteiger partial charge on any atom is -0.347 e. The highest BCUT2D eigenvalue weighted by molar-refractivity contribution is 7.89. The largest absolute Gasteiger partial charge is 0.347 e. The third-order valence-electron chi connectivity index (χ3n) is 5.26. The first-order valence-electron chi connectivity index (χ1n) is 10.1. The molecule has 9 nitrogen and oxygen atoms in total. The average Bonchev–Trinajstić information content (AvgIpc) is 3.29. The molecule has 10 heteroatoms. The zero-order chi connectivity index (χ0) is 21.8. The molecule has 0 unspecified atom stereocenters. The Labute approximate surface area is 181 Å². The fourth-order valence-electron chi connectivity index (χ4n) is 3.53. The smallest absolute Gasteiger partial charge is 0.271 e. The summed E-state index contributed by atoms with van der Waals surface area (Å²) < 4.78 is 28.9. The molecule has 0 aromatic carbocycles. The Morgan fingerprint density at radius 1 is 1.19 bits per heavy atom. The van der Waals surface area contributed by atoms with Gasteiger partial charge >= 0.3 is 0 Å². The van der Waals surface area contributed by atoms with Crippen molar-refractivity contribution < 1.29 is 13.2 Å². The fourth-order valence-corrected chi connectivity index (χ4v) is 5.07. The van der Waals surface area contributed by atoms with Gasteiger partial charge in [0.1, 0.15) is 22.7 Å². The molecule has 0 bridgehead atoms. The Morgan fingerprint density at radius 2 is 2.00 bits per heavy atom. The Kier molecular flexibility index (Phi) is 6.10. The third kappa shape index (κ3) is 4.80. The van der Waals surface area contributed by atoms with Gasteiger partial charge in [-0.15, -0.1) is 0 Å². The van der Waals surface area contributed by atoms with Crippen LogP contribution in [-0.4, -0.2) is 51.2 Å². The van der Waals surface area contributed by atoms with Crippen molar-refractivity contribution >= 4 is 15.9 Å². The Balaban J connectivity index is 1.44. The first kappa shape index (κ1) is 21.1. The number of piperidine rings is 1. The van der Waals surface area contributed by atoms with Crippen LogP contribution in [0, 0.1) is 5.92 Å². The zero-order valence-corrected chi connectivity index (χ0v) is 18.0. The molecule has 1 saturated heterocycles. The summed E-state index contributed by atoms with van der Waals surface area (Å²) in [6, 6.07) is 6.80. The molecule has 0 spiro atoms. The monoisotopic (exact) mass is 440 g/mol. The van der Waals surface area contributed by atoms with Crippen LogP contribution in [0.2, 0.25) is 0 Å². The fraction of sp³-hybridized carbons (Fsp3) is 0.333. The van der Waals surface area contributed by atoms with E-state index in [1.807, 2.05) is 12.1 Å². The molecule has 1 fully saturated rings. The van der Waals surface area contributed by atoms with Crippen LogP contribution < -0.4 is 5.32 Å². The summed E-state index contributed by atoms with van der Waals surface area (Å²) in [5.41, 5.74) is 1.18. The number of nitrogens with zero attached hydrogens (tertiary/aromatic N) is 5. The molecule has 162 valence electrons. The number of carbonyl (C=O) groups is 1. The van der Waals surface area contributed by atoms with E-state index < -0.39 is 10.0 Å². The molecule has 1 aliphatic heterocycles. The third-order valence-corrected chi connectivity index (χ3v) is 7.11. The van der Waals surface area contributed by atoms with E-state index in [0.29, 0.717) is 31.4 Å². The van der Waals surface area contributed by atoms with Crippen LogP contribution in [0.25, 0.3) is 5.82 Å². The van der Waals surface area contributed by atoms with Crippen molar-refractivity contribution in [3.8, 4) is 5.82 Å². The number of hydrogen-bond acceptors (Lipinski definition) is 6. The van der Waals surface area contributed by atoms with E-state index in [1.54, 1.807) is 35.3 Å². The molecule has 3 aromatic rings. The molecule has 1 N–H and O–H groups in total. The summed E-state index contributed by atoms with van der Waals surface area (Å²) >= 11 is 0. The van der Waals surface area contributed by atoms with Gasteiger partial charge in [0.15, 0.2) is 0 Å². The van der Waals surface area contributed by atoms with Gasteiger partial charge in [0.2, 0.25) is 10.0 Å². The molecular formula is C21H24N6O3S. The molecule has 4 heterocycles. The SMILES string of the molecule is C[C@@H]1CCCN(S(=O)(=O)c2ccc(-n3cnc(C(=O)NCc4ccncc4)c3)nc2)C1. The summed E-state index contributed by atoms with van der Waals surface area (Å²) in [6.07, 6.45) is 9.63. The van der Waals surface area contributed by atoms with Crippen LogP contribution in [0.1, 0.15) is 35.8 Å². The summed E-state index contributed by atoms with van der Waals surface area (Å²) in [7, 11) is -3.56. The second kappa shape index (κ2) is 8.94. The lowest BCUT2D eigenvalue weighted by atomic mass is 10.0. The van der Waals surface area contributed by atoms with Gasteiger partial charge < -0.3 is 5.32 Å². The Morgan fingerprint density at radius 3 is 2.71 bits per heavy atom. The van der Waals surface area contributed by atoms with Crippen LogP contribution in [0.3, 0.4) is 0 Å². The van der Waals surface area contributed by atoms with Crippen LogP contribution in [-0.2, 0) is 16.6 Å². The topological polar surface area (TPSA) is 110 Å². The molecule has 3 aromatic heterocycles. The predicted molar refractivity (Wildman–Crippen MR) is 114 cm³/mol. The number of imidazole rings is 1. The van der Waals surface area contributed by atoms with E-state index in [0.717, 1.165) is 18.4 Å². The normalized spacial score (nSPS) is 17.4. The lowest BCUT2D eigenvalue weighted by Crippen LogP contribution is -2.39. The number of sulfonamides is 1. The molecular weight excluding hydrogens is 416 g/mol. The van der Waals surface area contributed by atoms with Crippen molar-refractivity contribution in [3.63, 3.8) is 0 Å². The van der Waals surface area contributed by atoms with Crippen molar-refractivity contribution in [3.05, 3.63) is 66.6 Å².